The topological polar surface area (TPSA) is 67.7 Å². The van der Waals surface area contributed by atoms with E-state index in [1.54, 1.807) is 23.0 Å². The number of aromatic nitrogens is 2. The van der Waals surface area contributed by atoms with Gasteiger partial charge >= 0.3 is 0 Å². The summed E-state index contributed by atoms with van der Waals surface area (Å²) in [6.45, 7) is 0. The molecule has 1 aromatic heterocycles. The molecule has 0 amide bonds. The molecule has 0 fully saturated rings. The van der Waals surface area contributed by atoms with Crippen molar-refractivity contribution < 1.29 is 0 Å². The molecule has 6 heteroatoms. The lowest BCUT2D eigenvalue weighted by atomic mass is 10.2. The molecule has 0 saturated heterocycles. The van der Waals surface area contributed by atoms with Crippen LogP contribution >= 0.6 is 27.5 Å². The molecule has 0 bridgehead atoms. The predicted molar refractivity (Wildman–Crippen MR) is 67.3 cm³/mol. The Kier molecular flexibility index (Phi) is 2.98. The summed E-state index contributed by atoms with van der Waals surface area (Å²) in [6, 6.07) is 5.23. The number of nitrogens with zero attached hydrogens (tertiary/aromatic N) is 2. The van der Waals surface area contributed by atoms with Gasteiger partial charge < -0.3 is 5.73 Å². The zero-order chi connectivity index (χ0) is 11.7. The number of amidine groups is 1. The van der Waals surface area contributed by atoms with Crippen LogP contribution in [0.5, 0.6) is 0 Å². The molecule has 0 spiro atoms. The molecule has 82 valence electrons. The summed E-state index contributed by atoms with van der Waals surface area (Å²) < 4.78 is 2.57. The summed E-state index contributed by atoms with van der Waals surface area (Å²) in [5.41, 5.74) is 6.72. The van der Waals surface area contributed by atoms with Crippen LogP contribution in [-0.2, 0) is 0 Å². The Morgan fingerprint density at radius 2 is 2.25 bits per heavy atom. The lowest BCUT2D eigenvalue weighted by Gasteiger charge is -2.05. The molecule has 0 saturated carbocycles. The molecule has 1 heterocycles. The Hall–Kier alpha value is -1.33. The zero-order valence-electron chi connectivity index (χ0n) is 8.11. The highest BCUT2D eigenvalue weighted by Gasteiger charge is 2.06. The molecule has 0 unspecified atom stereocenters. The van der Waals surface area contributed by atoms with Crippen LogP contribution < -0.4 is 5.73 Å². The average Bonchev–Trinajstić information content (AvgIpc) is 2.64. The fourth-order valence-corrected chi connectivity index (χ4v) is 1.87. The molecular weight excluding hydrogens is 291 g/mol. The summed E-state index contributed by atoms with van der Waals surface area (Å²) in [5, 5.41) is 11.9. The molecule has 0 atom stereocenters. The number of nitrogens with two attached hydrogens (primary N) is 1. The second-order valence-electron chi connectivity index (χ2n) is 3.18. The van der Waals surface area contributed by atoms with E-state index < -0.39 is 0 Å². The summed E-state index contributed by atoms with van der Waals surface area (Å²) in [7, 11) is 0. The van der Waals surface area contributed by atoms with Gasteiger partial charge in [-0.3, -0.25) is 5.41 Å². The molecular formula is C10H8BrClN4. The minimum absolute atomic E-state index is 0.0433. The number of nitrogens with one attached hydrogen (secondary N) is 1. The van der Waals surface area contributed by atoms with Gasteiger partial charge in [-0.2, -0.15) is 5.10 Å². The molecule has 0 aliphatic rings. The first-order chi connectivity index (χ1) is 7.58. The van der Waals surface area contributed by atoms with Crippen molar-refractivity contribution in [2.24, 2.45) is 5.73 Å². The van der Waals surface area contributed by atoms with Crippen LogP contribution in [0, 0.1) is 5.41 Å². The highest BCUT2D eigenvalue weighted by molar-refractivity contribution is 9.10. The summed E-state index contributed by atoms with van der Waals surface area (Å²) >= 11 is 9.32. The number of rotatable bonds is 2. The van der Waals surface area contributed by atoms with Gasteiger partial charge in [-0.25, -0.2) is 4.68 Å². The number of benzene rings is 1. The van der Waals surface area contributed by atoms with Crippen molar-refractivity contribution in [3.05, 3.63) is 45.7 Å². The third-order valence-electron chi connectivity index (χ3n) is 2.06. The largest absolute Gasteiger partial charge is 0.384 e. The Morgan fingerprint density at radius 1 is 1.50 bits per heavy atom. The fourth-order valence-electron chi connectivity index (χ4n) is 1.31. The number of hydrogen-bond acceptors (Lipinski definition) is 2. The Labute approximate surface area is 106 Å². The molecule has 0 radical (unpaired) electrons. The third kappa shape index (κ3) is 2.10. The first-order valence-corrected chi connectivity index (χ1v) is 5.59. The lowest BCUT2D eigenvalue weighted by molar-refractivity contribution is 0.880. The molecule has 3 N–H and O–H groups in total. The van der Waals surface area contributed by atoms with Crippen LogP contribution in [-0.4, -0.2) is 15.6 Å². The fraction of sp³-hybridized carbons (Fsp3) is 0. The maximum Gasteiger partial charge on any atom is 0.124 e. The third-order valence-corrected chi connectivity index (χ3v) is 2.78. The standard InChI is InChI=1S/C10H8BrClN4/c11-6-4-15-16(5-6)7-1-2-8(10(13)14)9(12)3-7/h1-5H,(H3,13,14). The summed E-state index contributed by atoms with van der Waals surface area (Å²) in [4.78, 5) is 0. The number of nitrogen functional groups attached to an aromatic ring is 1. The highest BCUT2D eigenvalue weighted by atomic mass is 79.9. The van der Waals surface area contributed by atoms with E-state index in [0.717, 1.165) is 10.2 Å². The predicted octanol–water partition coefficient (Wildman–Crippen LogP) is 2.57. The summed E-state index contributed by atoms with van der Waals surface area (Å²) in [5.74, 6) is -0.0433. The molecule has 2 aromatic rings. The van der Waals surface area contributed by atoms with E-state index >= 15 is 0 Å². The summed E-state index contributed by atoms with van der Waals surface area (Å²) in [6.07, 6.45) is 3.51. The lowest BCUT2D eigenvalue weighted by Crippen LogP contribution is -2.11. The minimum Gasteiger partial charge on any atom is -0.384 e. The second-order valence-corrected chi connectivity index (χ2v) is 4.50. The van der Waals surface area contributed by atoms with Gasteiger partial charge in [0.1, 0.15) is 5.84 Å². The minimum atomic E-state index is -0.0433. The Morgan fingerprint density at radius 3 is 2.75 bits per heavy atom. The van der Waals surface area contributed by atoms with Gasteiger partial charge in [0.2, 0.25) is 0 Å². The average molecular weight is 300 g/mol. The van der Waals surface area contributed by atoms with Crippen LogP contribution in [0.3, 0.4) is 0 Å². The van der Waals surface area contributed by atoms with Crippen molar-refractivity contribution in [3.8, 4) is 5.69 Å². The van der Waals surface area contributed by atoms with Gasteiger partial charge in [0.05, 0.1) is 21.4 Å². The second kappa shape index (κ2) is 4.27. The van der Waals surface area contributed by atoms with Gasteiger partial charge in [0, 0.05) is 11.8 Å². The van der Waals surface area contributed by atoms with Gasteiger partial charge in [-0.15, -0.1) is 0 Å². The van der Waals surface area contributed by atoms with Crippen molar-refractivity contribution >= 4 is 33.4 Å². The van der Waals surface area contributed by atoms with E-state index in [-0.39, 0.29) is 5.84 Å². The maximum absolute atomic E-state index is 7.32. The molecule has 16 heavy (non-hydrogen) atoms. The van der Waals surface area contributed by atoms with Crippen molar-refractivity contribution in [2.75, 3.05) is 0 Å². The SMILES string of the molecule is N=C(N)c1ccc(-n2cc(Br)cn2)cc1Cl. The van der Waals surface area contributed by atoms with E-state index in [4.69, 9.17) is 22.7 Å². The van der Waals surface area contributed by atoms with Gasteiger partial charge in [0.15, 0.2) is 0 Å². The van der Waals surface area contributed by atoms with Gasteiger partial charge in [-0.1, -0.05) is 11.6 Å². The number of hydrogen-bond donors (Lipinski definition) is 2. The first kappa shape index (κ1) is 11.2. The molecule has 0 aliphatic carbocycles. The molecule has 4 nitrogen and oxygen atoms in total. The highest BCUT2D eigenvalue weighted by Crippen LogP contribution is 2.20. The monoisotopic (exact) mass is 298 g/mol. The quantitative estimate of drug-likeness (QED) is 0.661. The van der Waals surface area contributed by atoms with Gasteiger partial charge in [0.25, 0.3) is 0 Å². The van der Waals surface area contributed by atoms with E-state index in [2.05, 4.69) is 21.0 Å². The molecule has 0 aliphatic heterocycles. The van der Waals surface area contributed by atoms with Crippen molar-refractivity contribution in [1.82, 2.24) is 9.78 Å². The van der Waals surface area contributed by atoms with Crippen LogP contribution in [0.2, 0.25) is 5.02 Å². The van der Waals surface area contributed by atoms with Gasteiger partial charge in [-0.05, 0) is 34.1 Å². The van der Waals surface area contributed by atoms with E-state index in [9.17, 15) is 0 Å². The normalized spacial score (nSPS) is 10.4. The first-order valence-electron chi connectivity index (χ1n) is 4.42. The van der Waals surface area contributed by atoms with Crippen molar-refractivity contribution in [3.63, 3.8) is 0 Å². The van der Waals surface area contributed by atoms with E-state index in [1.165, 1.54) is 0 Å². The van der Waals surface area contributed by atoms with Crippen LogP contribution in [0.25, 0.3) is 5.69 Å². The van der Waals surface area contributed by atoms with Crippen molar-refractivity contribution in [2.45, 2.75) is 0 Å². The van der Waals surface area contributed by atoms with Crippen LogP contribution in [0.1, 0.15) is 5.56 Å². The van der Waals surface area contributed by atoms with Crippen LogP contribution in [0.4, 0.5) is 0 Å². The van der Waals surface area contributed by atoms with E-state index in [0.29, 0.717) is 10.6 Å². The molecule has 1 aromatic carbocycles. The maximum atomic E-state index is 7.32. The van der Waals surface area contributed by atoms with Crippen molar-refractivity contribution in [1.29, 1.82) is 5.41 Å². The van der Waals surface area contributed by atoms with E-state index in [1.807, 2.05) is 12.3 Å². The Bertz CT molecular complexity index is 550. The molecule has 2 rings (SSSR count). The smallest absolute Gasteiger partial charge is 0.124 e. The number of halogens is 2. The van der Waals surface area contributed by atoms with Crippen LogP contribution in [0.15, 0.2) is 35.1 Å². The Balaban J connectivity index is 2.45. The zero-order valence-corrected chi connectivity index (χ0v) is 10.5.